The Morgan fingerprint density at radius 1 is 0.425 bits per heavy atom. The largest absolute Gasteiger partial charge is 0.463 e. The number of rotatable bonds is 32. The molecule has 1 atom stereocenters. The summed E-state index contributed by atoms with van der Waals surface area (Å²) in [6.07, 6.45) is 33.1. The third kappa shape index (κ3) is 31.4. The molecule has 1 N–H and O–H groups in total. The van der Waals surface area contributed by atoms with Crippen LogP contribution in [0.1, 0.15) is 194 Å². The van der Waals surface area contributed by atoms with E-state index in [0.717, 1.165) is 32.1 Å². The Labute approximate surface area is 248 Å². The second-order valence-corrected chi connectivity index (χ2v) is 12.0. The number of esters is 2. The third-order valence-corrected chi connectivity index (χ3v) is 7.84. The maximum Gasteiger partial charge on any atom is 0.305 e. The van der Waals surface area contributed by atoms with Crippen LogP contribution in [-0.2, 0) is 19.1 Å². The van der Waals surface area contributed by atoms with E-state index in [1.807, 2.05) is 0 Å². The average molecular weight is 569 g/mol. The number of unbranched alkanes of at least 4 members (excludes halogenated alkanes) is 24. The maximum absolute atomic E-state index is 11.9. The van der Waals surface area contributed by atoms with Gasteiger partial charge in [-0.3, -0.25) is 9.59 Å². The van der Waals surface area contributed by atoms with Gasteiger partial charge in [0.05, 0.1) is 0 Å². The molecule has 0 aromatic heterocycles. The second-order valence-electron chi connectivity index (χ2n) is 12.0. The molecule has 0 aliphatic carbocycles. The topological polar surface area (TPSA) is 72.8 Å². The van der Waals surface area contributed by atoms with Crippen molar-refractivity contribution in [1.82, 2.24) is 0 Å². The quantitative estimate of drug-likeness (QED) is 0.0645. The summed E-state index contributed by atoms with van der Waals surface area (Å²) in [5.74, 6) is -0.562. The van der Waals surface area contributed by atoms with Crippen LogP contribution < -0.4 is 0 Å². The lowest BCUT2D eigenvalue weighted by atomic mass is 10.0. The van der Waals surface area contributed by atoms with E-state index in [1.54, 1.807) is 0 Å². The minimum absolute atomic E-state index is 0.108. The maximum atomic E-state index is 11.9. The van der Waals surface area contributed by atoms with Gasteiger partial charge in [-0.25, -0.2) is 0 Å². The van der Waals surface area contributed by atoms with Crippen LogP contribution in [0.25, 0.3) is 0 Å². The van der Waals surface area contributed by atoms with E-state index in [0.29, 0.717) is 12.8 Å². The molecule has 40 heavy (non-hydrogen) atoms. The van der Waals surface area contributed by atoms with Crippen molar-refractivity contribution in [2.24, 2.45) is 0 Å². The molecule has 0 bridgehead atoms. The number of aliphatic hydroxyl groups is 1. The molecule has 0 radical (unpaired) electrons. The number of ether oxygens (including phenoxy) is 2. The Bertz CT molecular complexity index is 536. The van der Waals surface area contributed by atoms with Crippen LogP contribution in [0.15, 0.2) is 0 Å². The van der Waals surface area contributed by atoms with Gasteiger partial charge in [0.15, 0.2) is 0 Å². The van der Waals surface area contributed by atoms with Crippen molar-refractivity contribution in [1.29, 1.82) is 0 Å². The molecule has 0 amide bonds. The monoisotopic (exact) mass is 569 g/mol. The normalized spacial score (nSPS) is 12.0. The van der Waals surface area contributed by atoms with Crippen molar-refractivity contribution in [3.05, 3.63) is 0 Å². The fourth-order valence-electron chi connectivity index (χ4n) is 5.14. The molecule has 0 spiro atoms. The Balaban J connectivity index is 3.34. The Morgan fingerprint density at radius 3 is 0.900 bits per heavy atom. The highest BCUT2D eigenvalue weighted by molar-refractivity contribution is 5.69. The van der Waals surface area contributed by atoms with Gasteiger partial charge in [0.2, 0.25) is 0 Å². The zero-order chi connectivity index (χ0) is 29.4. The third-order valence-electron chi connectivity index (χ3n) is 7.84. The molecule has 0 heterocycles. The first-order valence-corrected chi connectivity index (χ1v) is 17.6. The molecule has 238 valence electrons. The van der Waals surface area contributed by atoms with Gasteiger partial charge < -0.3 is 14.6 Å². The second kappa shape index (κ2) is 32.4. The van der Waals surface area contributed by atoms with E-state index in [9.17, 15) is 14.7 Å². The molecule has 0 aromatic rings. The van der Waals surface area contributed by atoms with Gasteiger partial charge in [-0.1, -0.05) is 168 Å². The molecule has 0 saturated heterocycles. The van der Waals surface area contributed by atoms with E-state index in [-0.39, 0.29) is 25.2 Å². The number of carbonyl (C=O) groups is 2. The summed E-state index contributed by atoms with van der Waals surface area (Å²) in [4.78, 5) is 23.7. The minimum Gasteiger partial charge on any atom is -0.463 e. The highest BCUT2D eigenvalue weighted by Crippen LogP contribution is 2.15. The summed E-state index contributed by atoms with van der Waals surface area (Å²) < 4.78 is 10.2. The molecule has 0 fully saturated rings. The number of hydrogen-bond acceptors (Lipinski definition) is 5. The zero-order valence-corrected chi connectivity index (χ0v) is 26.9. The van der Waals surface area contributed by atoms with Crippen LogP contribution in [0, 0.1) is 0 Å². The lowest BCUT2D eigenvalue weighted by Crippen LogP contribution is -2.25. The summed E-state index contributed by atoms with van der Waals surface area (Å²) in [5.41, 5.74) is 0. The fraction of sp³-hybridized carbons (Fsp3) is 0.943. The molecule has 5 heteroatoms. The van der Waals surface area contributed by atoms with Crippen molar-refractivity contribution in [2.45, 2.75) is 200 Å². The van der Waals surface area contributed by atoms with Crippen LogP contribution >= 0.6 is 0 Å². The Morgan fingerprint density at radius 2 is 0.650 bits per heavy atom. The SMILES string of the molecule is CCCCCCCCCCCCCCCCCCCCCC(=O)OCC(O)COC(=O)CCCCCCCCC. The van der Waals surface area contributed by atoms with Crippen molar-refractivity contribution < 1.29 is 24.2 Å². The molecule has 0 aliphatic rings. The highest BCUT2D eigenvalue weighted by Gasteiger charge is 2.12. The molecule has 0 aromatic carbocycles. The van der Waals surface area contributed by atoms with Gasteiger partial charge in [-0.15, -0.1) is 0 Å². The molecule has 0 saturated carbocycles. The summed E-state index contributed by atoms with van der Waals surface area (Å²) in [6.45, 7) is 4.27. The number of aliphatic hydroxyl groups excluding tert-OH is 1. The summed E-state index contributed by atoms with van der Waals surface area (Å²) in [7, 11) is 0. The molecule has 0 rings (SSSR count). The lowest BCUT2D eigenvalue weighted by Gasteiger charge is -2.12. The Hall–Kier alpha value is -1.10. The molecule has 1 unspecified atom stereocenters. The Kier molecular flexibility index (Phi) is 31.5. The first-order valence-electron chi connectivity index (χ1n) is 17.6. The van der Waals surface area contributed by atoms with Crippen molar-refractivity contribution in [3.63, 3.8) is 0 Å². The van der Waals surface area contributed by atoms with Gasteiger partial charge in [0, 0.05) is 12.8 Å². The van der Waals surface area contributed by atoms with Gasteiger partial charge >= 0.3 is 11.9 Å². The van der Waals surface area contributed by atoms with Crippen molar-refractivity contribution in [2.75, 3.05) is 13.2 Å². The van der Waals surface area contributed by atoms with Gasteiger partial charge in [0.1, 0.15) is 19.3 Å². The van der Waals surface area contributed by atoms with Crippen molar-refractivity contribution >= 4 is 11.9 Å². The van der Waals surface area contributed by atoms with Crippen LogP contribution in [0.4, 0.5) is 0 Å². The standard InChI is InChI=1S/C35H68O5/c1-3-5-7-9-11-12-13-14-15-16-17-18-19-20-21-22-24-26-28-30-35(38)40-32-33(36)31-39-34(37)29-27-25-23-10-8-6-4-2/h33,36H,3-32H2,1-2H3. The van der Waals surface area contributed by atoms with E-state index in [2.05, 4.69) is 13.8 Å². The number of carbonyl (C=O) groups excluding carboxylic acids is 2. The van der Waals surface area contributed by atoms with Crippen LogP contribution in [-0.4, -0.2) is 36.4 Å². The first-order chi connectivity index (χ1) is 19.6. The van der Waals surface area contributed by atoms with E-state index in [1.165, 1.54) is 135 Å². The van der Waals surface area contributed by atoms with E-state index < -0.39 is 6.10 Å². The summed E-state index contributed by atoms with van der Waals surface area (Å²) in [6, 6.07) is 0. The van der Waals surface area contributed by atoms with E-state index >= 15 is 0 Å². The fourth-order valence-corrected chi connectivity index (χ4v) is 5.14. The predicted octanol–water partition coefficient (Wildman–Crippen LogP) is 10.4. The van der Waals surface area contributed by atoms with Gasteiger partial charge in [0.25, 0.3) is 0 Å². The van der Waals surface area contributed by atoms with Crippen molar-refractivity contribution in [3.8, 4) is 0 Å². The van der Waals surface area contributed by atoms with Gasteiger partial charge in [-0.05, 0) is 12.8 Å². The summed E-state index contributed by atoms with van der Waals surface area (Å²) in [5, 5.41) is 9.92. The minimum atomic E-state index is -0.952. The van der Waals surface area contributed by atoms with E-state index in [4.69, 9.17) is 9.47 Å². The number of hydrogen-bond donors (Lipinski definition) is 1. The lowest BCUT2D eigenvalue weighted by molar-refractivity contribution is -0.152. The summed E-state index contributed by atoms with van der Waals surface area (Å²) >= 11 is 0. The molecular formula is C35H68O5. The van der Waals surface area contributed by atoms with Crippen LogP contribution in [0.5, 0.6) is 0 Å². The van der Waals surface area contributed by atoms with Gasteiger partial charge in [-0.2, -0.15) is 0 Å². The highest BCUT2D eigenvalue weighted by atomic mass is 16.6. The van der Waals surface area contributed by atoms with Crippen LogP contribution in [0.3, 0.4) is 0 Å². The molecule has 5 nitrogen and oxygen atoms in total. The zero-order valence-electron chi connectivity index (χ0n) is 26.9. The predicted molar refractivity (Wildman–Crippen MR) is 169 cm³/mol. The van der Waals surface area contributed by atoms with Crippen LogP contribution in [0.2, 0.25) is 0 Å². The smallest absolute Gasteiger partial charge is 0.305 e. The first kappa shape index (κ1) is 38.9. The molecule has 0 aliphatic heterocycles. The molecular weight excluding hydrogens is 500 g/mol. The average Bonchev–Trinajstić information content (AvgIpc) is 2.95.